The van der Waals surface area contributed by atoms with E-state index in [0.717, 1.165) is 24.3 Å². The van der Waals surface area contributed by atoms with Gasteiger partial charge in [-0.25, -0.2) is 0 Å². The van der Waals surface area contributed by atoms with Crippen molar-refractivity contribution in [1.29, 1.82) is 0 Å². The van der Waals surface area contributed by atoms with Gasteiger partial charge in [-0.2, -0.15) is 10.2 Å². The molecule has 0 saturated carbocycles. The van der Waals surface area contributed by atoms with E-state index in [1.165, 1.54) is 22.3 Å². The first-order valence-corrected chi connectivity index (χ1v) is 8.90. The first kappa shape index (κ1) is 16.4. The van der Waals surface area contributed by atoms with Crippen molar-refractivity contribution in [2.75, 3.05) is 0 Å². The second kappa shape index (κ2) is 7.45. The molecule has 0 spiro atoms. The largest absolute Gasteiger partial charge is 0.252 e. The van der Waals surface area contributed by atoms with E-state index in [2.05, 4.69) is 57.5 Å². The minimum atomic E-state index is 0.379. The average molecular weight is 358 g/mol. The maximum Gasteiger partial charge on any atom is 0.207 e. The molecule has 26 heavy (non-hydrogen) atoms. The Labute approximate surface area is 158 Å². The van der Waals surface area contributed by atoms with Gasteiger partial charge in [0.25, 0.3) is 0 Å². The molecular formula is C21H18N4S. The van der Waals surface area contributed by atoms with Crippen molar-refractivity contribution in [2.45, 2.75) is 12.8 Å². The molecule has 2 aromatic carbocycles. The van der Waals surface area contributed by atoms with Crippen LogP contribution in [0.1, 0.15) is 22.3 Å². The van der Waals surface area contributed by atoms with E-state index in [0.29, 0.717) is 5.11 Å². The summed E-state index contributed by atoms with van der Waals surface area (Å²) < 4.78 is 0. The molecule has 128 valence electrons. The molecule has 0 bridgehead atoms. The van der Waals surface area contributed by atoms with Gasteiger partial charge in [-0.1, -0.05) is 60.7 Å². The summed E-state index contributed by atoms with van der Waals surface area (Å²) in [6.07, 6.45) is 9.72. The first-order chi connectivity index (χ1) is 12.8. The van der Waals surface area contributed by atoms with E-state index in [4.69, 9.17) is 12.2 Å². The monoisotopic (exact) mass is 358 g/mol. The third-order valence-corrected chi connectivity index (χ3v) is 4.55. The molecule has 2 N–H and O–H groups in total. The molecule has 2 aromatic rings. The number of rotatable bonds is 2. The van der Waals surface area contributed by atoms with Gasteiger partial charge in [-0.05, 0) is 46.6 Å². The smallest absolute Gasteiger partial charge is 0.207 e. The molecule has 0 aromatic heterocycles. The van der Waals surface area contributed by atoms with E-state index >= 15 is 0 Å². The van der Waals surface area contributed by atoms with Crippen LogP contribution in [0.5, 0.6) is 0 Å². The van der Waals surface area contributed by atoms with Crippen LogP contribution in [0.25, 0.3) is 12.2 Å². The van der Waals surface area contributed by atoms with Gasteiger partial charge in [-0.3, -0.25) is 10.9 Å². The zero-order chi connectivity index (χ0) is 17.8. The van der Waals surface area contributed by atoms with Crippen LogP contribution < -0.4 is 10.9 Å². The highest BCUT2D eigenvalue weighted by molar-refractivity contribution is 7.80. The Morgan fingerprint density at radius 2 is 1.15 bits per heavy atom. The summed E-state index contributed by atoms with van der Waals surface area (Å²) in [5, 5.41) is 9.12. The fraction of sp³-hybridized carbons (Fsp3) is 0.0952. The quantitative estimate of drug-likeness (QED) is 0.636. The minimum Gasteiger partial charge on any atom is -0.252 e. The topological polar surface area (TPSA) is 48.8 Å². The summed E-state index contributed by atoms with van der Waals surface area (Å²) >= 11 is 5.26. The predicted octanol–water partition coefficient (Wildman–Crippen LogP) is 3.70. The molecule has 0 aliphatic heterocycles. The maximum atomic E-state index is 5.26. The number of allylic oxidation sites excluding steroid dienone is 2. The molecule has 5 heteroatoms. The summed E-state index contributed by atoms with van der Waals surface area (Å²) in [7, 11) is 0. The van der Waals surface area contributed by atoms with Gasteiger partial charge < -0.3 is 0 Å². The van der Waals surface area contributed by atoms with Crippen LogP contribution in [0.4, 0.5) is 0 Å². The van der Waals surface area contributed by atoms with Crippen molar-refractivity contribution < 1.29 is 0 Å². The molecule has 0 amide bonds. The van der Waals surface area contributed by atoms with Crippen LogP contribution in [0, 0.1) is 0 Å². The second-order valence-electron chi connectivity index (χ2n) is 6.18. The number of hydrazone groups is 2. The SMILES string of the molecule is S=C(N/N=C1/C=Cc2ccccc2C1)N/N=C1/C=Cc2ccccc2C1. The lowest BCUT2D eigenvalue weighted by Gasteiger charge is -2.13. The van der Waals surface area contributed by atoms with Crippen LogP contribution >= 0.6 is 12.2 Å². The molecule has 0 saturated heterocycles. The van der Waals surface area contributed by atoms with Gasteiger partial charge in [-0.15, -0.1) is 0 Å². The number of hydrogen-bond acceptors (Lipinski definition) is 3. The number of nitrogens with zero attached hydrogens (tertiary/aromatic N) is 2. The Morgan fingerprint density at radius 1 is 0.692 bits per heavy atom. The standard InChI is InChI=1S/C21H18N4S/c26-21(24-22-19-11-9-15-5-1-3-7-17(15)13-19)25-23-20-12-10-16-6-2-4-8-18(16)14-20/h1-12H,13-14H2,(H2,24,25,26)/b22-19-,23-20-. The van der Waals surface area contributed by atoms with Crippen LogP contribution in [-0.2, 0) is 12.8 Å². The van der Waals surface area contributed by atoms with Gasteiger partial charge >= 0.3 is 0 Å². The molecule has 0 atom stereocenters. The maximum absolute atomic E-state index is 5.26. The molecule has 0 unspecified atom stereocenters. The second-order valence-corrected chi connectivity index (χ2v) is 6.59. The molecule has 4 nitrogen and oxygen atoms in total. The number of hydrogen-bond donors (Lipinski definition) is 2. The molecule has 0 radical (unpaired) electrons. The third kappa shape index (κ3) is 3.78. The molecule has 4 rings (SSSR count). The molecule has 0 fully saturated rings. The van der Waals surface area contributed by atoms with E-state index < -0.39 is 0 Å². The first-order valence-electron chi connectivity index (χ1n) is 8.49. The number of nitrogens with one attached hydrogen (secondary N) is 2. The number of fused-ring (bicyclic) bond motifs is 2. The Bertz CT molecular complexity index is 892. The zero-order valence-electron chi connectivity index (χ0n) is 14.1. The van der Waals surface area contributed by atoms with Gasteiger partial charge in [0.15, 0.2) is 0 Å². The third-order valence-electron chi connectivity index (χ3n) is 4.37. The van der Waals surface area contributed by atoms with E-state index in [-0.39, 0.29) is 0 Å². The Balaban J connectivity index is 1.34. The number of thiocarbonyl (C=S) groups is 1. The zero-order valence-corrected chi connectivity index (χ0v) is 15.0. The van der Waals surface area contributed by atoms with E-state index in [1.54, 1.807) is 0 Å². The van der Waals surface area contributed by atoms with Crippen LogP contribution in [-0.4, -0.2) is 16.5 Å². The van der Waals surface area contributed by atoms with Gasteiger partial charge in [0, 0.05) is 12.8 Å². The van der Waals surface area contributed by atoms with Gasteiger partial charge in [0.05, 0.1) is 11.4 Å². The van der Waals surface area contributed by atoms with Crippen LogP contribution in [0.3, 0.4) is 0 Å². The summed E-state index contributed by atoms with van der Waals surface area (Å²) in [4.78, 5) is 0. The van der Waals surface area contributed by atoms with Crippen LogP contribution in [0.2, 0.25) is 0 Å². The van der Waals surface area contributed by atoms with Crippen molar-refractivity contribution in [3.63, 3.8) is 0 Å². The fourth-order valence-electron chi connectivity index (χ4n) is 3.02. The van der Waals surface area contributed by atoms with Crippen molar-refractivity contribution in [2.24, 2.45) is 10.2 Å². The average Bonchev–Trinajstić information content (AvgIpc) is 2.70. The molecular weight excluding hydrogens is 340 g/mol. The highest BCUT2D eigenvalue weighted by Gasteiger charge is 2.09. The van der Waals surface area contributed by atoms with Crippen molar-refractivity contribution in [3.05, 3.63) is 82.9 Å². The minimum absolute atomic E-state index is 0.379. The lowest BCUT2D eigenvalue weighted by molar-refractivity contribution is 0.919. The normalized spacial score (nSPS) is 17.7. The molecule has 2 aliphatic carbocycles. The fourth-order valence-corrected chi connectivity index (χ4v) is 3.11. The van der Waals surface area contributed by atoms with Gasteiger partial charge in [0.1, 0.15) is 0 Å². The highest BCUT2D eigenvalue weighted by atomic mass is 32.1. The Hall–Kier alpha value is -3.05. The highest BCUT2D eigenvalue weighted by Crippen LogP contribution is 2.18. The molecule has 2 aliphatic rings. The lowest BCUT2D eigenvalue weighted by atomic mass is 9.96. The summed E-state index contributed by atoms with van der Waals surface area (Å²) in [5.74, 6) is 0. The van der Waals surface area contributed by atoms with E-state index in [1.807, 2.05) is 36.4 Å². The van der Waals surface area contributed by atoms with E-state index in [9.17, 15) is 0 Å². The summed E-state index contributed by atoms with van der Waals surface area (Å²) in [5.41, 5.74) is 12.6. The number of benzene rings is 2. The summed E-state index contributed by atoms with van der Waals surface area (Å²) in [6.45, 7) is 0. The Morgan fingerprint density at radius 3 is 1.65 bits per heavy atom. The van der Waals surface area contributed by atoms with Crippen molar-refractivity contribution >= 4 is 40.9 Å². The van der Waals surface area contributed by atoms with Gasteiger partial charge in [0.2, 0.25) is 5.11 Å². The van der Waals surface area contributed by atoms with Crippen molar-refractivity contribution in [1.82, 2.24) is 10.9 Å². The summed E-state index contributed by atoms with van der Waals surface area (Å²) in [6, 6.07) is 16.6. The lowest BCUT2D eigenvalue weighted by Crippen LogP contribution is -2.30. The predicted molar refractivity (Wildman–Crippen MR) is 112 cm³/mol. The molecule has 0 heterocycles. The van der Waals surface area contributed by atoms with Crippen molar-refractivity contribution in [3.8, 4) is 0 Å². The van der Waals surface area contributed by atoms with Crippen LogP contribution in [0.15, 0.2) is 70.9 Å². The Kier molecular flexibility index (Phi) is 4.71.